The van der Waals surface area contributed by atoms with Gasteiger partial charge in [0.1, 0.15) is 5.54 Å². The van der Waals surface area contributed by atoms with Crippen LogP contribution in [0.3, 0.4) is 0 Å². The first-order valence-electron chi connectivity index (χ1n) is 10.5. The number of benzene rings is 1. The van der Waals surface area contributed by atoms with Crippen LogP contribution < -0.4 is 5.32 Å². The van der Waals surface area contributed by atoms with E-state index < -0.39 is 0 Å². The van der Waals surface area contributed by atoms with E-state index in [0.717, 1.165) is 25.9 Å². The Morgan fingerprint density at radius 3 is 2.46 bits per heavy atom. The Balaban J connectivity index is 1.49. The number of carbonyl (C=O) groups is 1. The summed E-state index contributed by atoms with van der Waals surface area (Å²) in [6.45, 7) is 7.23. The maximum atomic E-state index is 12.7. The predicted octanol–water partition coefficient (Wildman–Crippen LogP) is 3.35. The van der Waals surface area contributed by atoms with Crippen molar-refractivity contribution >= 4 is 5.91 Å². The Morgan fingerprint density at radius 1 is 1.08 bits per heavy atom. The zero-order valence-corrected chi connectivity index (χ0v) is 16.3. The van der Waals surface area contributed by atoms with Crippen molar-refractivity contribution in [3.05, 3.63) is 35.9 Å². The number of likely N-dealkylation sites (tertiary alicyclic amines) is 1. The van der Waals surface area contributed by atoms with Gasteiger partial charge in [0, 0.05) is 25.2 Å². The Morgan fingerprint density at radius 2 is 1.77 bits per heavy atom. The first-order chi connectivity index (χ1) is 12.6. The van der Waals surface area contributed by atoms with Crippen molar-refractivity contribution in [2.75, 3.05) is 19.8 Å². The van der Waals surface area contributed by atoms with Crippen LogP contribution in [0.4, 0.5) is 0 Å². The van der Waals surface area contributed by atoms with E-state index in [1.165, 1.54) is 31.2 Å². The molecule has 2 saturated heterocycles. The summed E-state index contributed by atoms with van der Waals surface area (Å²) in [5, 5.41) is 3.11. The molecule has 0 radical (unpaired) electrons. The van der Waals surface area contributed by atoms with Crippen molar-refractivity contribution in [2.24, 2.45) is 0 Å². The quantitative estimate of drug-likeness (QED) is 0.903. The largest absolute Gasteiger partial charge is 0.342 e. The van der Waals surface area contributed by atoms with Crippen molar-refractivity contribution in [1.29, 1.82) is 0 Å². The summed E-state index contributed by atoms with van der Waals surface area (Å²) >= 11 is 0. The van der Waals surface area contributed by atoms with Gasteiger partial charge in [-0.3, -0.25) is 14.6 Å². The Bertz CT molecular complexity index is 622. The lowest BCUT2D eigenvalue weighted by Crippen LogP contribution is -2.59. The monoisotopic (exact) mass is 355 g/mol. The van der Waals surface area contributed by atoms with E-state index in [9.17, 15) is 4.79 Å². The minimum Gasteiger partial charge on any atom is -0.342 e. The summed E-state index contributed by atoms with van der Waals surface area (Å²) in [6.07, 6.45) is 7.22. The van der Waals surface area contributed by atoms with Crippen LogP contribution in [-0.2, 0) is 4.79 Å². The van der Waals surface area contributed by atoms with E-state index in [4.69, 9.17) is 0 Å². The highest BCUT2D eigenvalue weighted by molar-refractivity contribution is 5.88. The van der Waals surface area contributed by atoms with E-state index in [1.807, 2.05) is 0 Å². The minimum absolute atomic E-state index is 0.258. The van der Waals surface area contributed by atoms with Crippen molar-refractivity contribution < 1.29 is 4.79 Å². The summed E-state index contributed by atoms with van der Waals surface area (Å²) in [5.41, 5.74) is 1.24. The van der Waals surface area contributed by atoms with E-state index in [1.54, 1.807) is 0 Å². The van der Waals surface area contributed by atoms with Gasteiger partial charge in [0.15, 0.2) is 0 Å². The number of nitrogens with zero attached hydrogens (tertiary/aromatic N) is 2. The van der Waals surface area contributed by atoms with E-state index in [-0.39, 0.29) is 11.4 Å². The summed E-state index contributed by atoms with van der Waals surface area (Å²) in [5.74, 6) is 0.909. The number of hydrogen-bond acceptors (Lipinski definition) is 3. The Kier molecular flexibility index (Phi) is 5.07. The summed E-state index contributed by atoms with van der Waals surface area (Å²) in [4.78, 5) is 17.8. The number of carbonyl (C=O) groups excluding carboxylic acids is 1. The SMILES string of the molecule is CC(C)N1CNC(=O)C12CCN([C@@H]1CCCC[C@@H]1c1ccccc1)CC2. The summed E-state index contributed by atoms with van der Waals surface area (Å²) in [6, 6.07) is 12.1. The molecule has 1 amide bonds. The molecule has 1 aliphatic carbocycles. The topological polar surface area (TPSA) is 35.6 Å². The van der Waals surface area contributed by atoms with Gasteiger partial charge in [0.2, 0.25) is 5.91 Å². The zero-order valence-electron chi connectivity index (χ0n) is 16.3. The molecular formula is C22H33N3O. The molecule has 0 aromatic heterocycles. The lowest BCUT2D eigenvalue weighted by Gasteiger charge is -2.48. The molecule has 1 N–H and O–H groups in total. The van der Waals surface area contributed by atoms with Gasteiger partial charge in [-0.25, -0.2) is 0 Å². The third-order valence-corrected chi connectivity index (χ3v) is 7.06. The molecule has 1 saturated carbocycles. The van der Waals surface area contributed by atoms with Gasteiger partial charge in [-0.15, -0.1) is 0 Å². The van der Waals surface area contributed by atoms with Gasteiger partial charge < -0.3 is 5.32 Å². The normalized spacial score (nSPS) is 30.0. The van der Waals surface area contributed by atoms with Crippen LogP contribution in [0.25, 0.3) is 0 Å². The molecule has 3 fully saturated rings. The Labute approximate surface area is 157 Å². The van der Waals surface area contributed by atoms with Crippen LogP contribution in [0.2, 0.25) is 0 Å². The van der Waals surface area contributed by atoms with Crippen molar-refractivity contribution in [1.82, 2.24) is 15.1 Å². The van der Waals surface area contributed by atoms with Gasteiger partial charge >= 0.3 is 0 Å². The van der Waals surface area contributed by atoms with Crippen LogP contribution in [0.1, 0.15) is 63.9 Å². The third-order valence-electron chi connectivity index (χ3n) is 7.06. The summed E-state index contributed by atoms with van der Waals surface area (Å²) in [7, 11) is 0. The highest BCUT2D eigenvalue weighted by atomic mass is 16.2. The van der Waals surface area contributed by atoms with Crippen molar-refractivity contribution in [3.63, 3.8) is 0 Å². The molecule has 26 heavy (non-hydrogen) atoms. The number of amides is 1. The molecule has 4 nitrogen and oxygen atoms in total. The van der Waals surface area contributed by atoms with Crippen molar-refractivity contribution in [2.45, 2.75) is 75.9 Å². The van der Waals surface area contributed by atoms with Gasteiger partial charge in [-0.1, -0.05) is 43.2 Å². The molecule has 2 atom stereocenters. The third kappa shape index (κ3) is 3.07. The second kappa shape index (κ2) is 7.32. The number of piperidine rings is 1. The average Bonchev–Trinajstić information content (AvgIpc) is 2.99. The van der Waals surface area contributed by atoms with Crippen LogP contribution in [-0.4, -0.2) is 53.1 Å². The second-order valence-electron chi connectivity index (χ2n) is 8.66. The van der Waals surface area contributed by atoms with E-state index >= 15 is 0 Å². The van der Waals surface area contributed by atoms with E-state index in [0.29, 0.717) is 24.7 Å². The standard InChI is InChI=1S/C22H33N3O/c1-17(2)25-16-23-21(26)22(25)12-14-24(15-13-22)20-11-7-6-10-19(20)18-8-4-3-5-9-18/h3-5,8-9,17,19-20H,6-7,10-16H2,1-2H3,(H,23,26)/t19-,20-/m1/s1. The molecule has 1 aromatic rings. The fourth-order valence-electron chi connectivity index (χ4n) is 5.66. The fraction of sp³-hybridized carbons (Fsp3) is 0.682. The number of hydrogen-bond donors (Lipinski definition) is 1. The average molecular weight is 356 g/mol. The lowest BCUT2D eigenvalue weighted by atomic mass is 9.77. The number of rotatable bonds is 3. The molecule has 0 unspecified atom stereocenters. The molecular weight excluding hydrogens is 322 g/mol. The predicted molar refractivity (Wildman–Crippen MR) is 105 cm³/mol. The summed E-state index contributed by atoms with van der Waals surface area (Å²) < 4.78 is 0. The number of nitrogens with one attached hydrogen (secondary N) is 1. The van der Waals surface area contributed by atoms with Crippen LogP contribution in [0.15, 0.2) is 30.3 Å². The van der Waals surface area contributed by atoms with Gasteiger partial charge in [0.05, 0.1) is 6.67 Å². The molecule has 2 heterocycles. The zero-order chi connectivity index (χ0) is 18.1. The molecule has 2 aliphatic heterocycles. The maximum absolute atomic E-state index is 12.7. The fourth-order valence-corrected chi connectivity index (χ4v) is 5.66. The first-order valence-corrected chi connectivity index (χ1v) is 10.5. The van der Waals surface area contributed by atoms with Gasteiger partial charge in [-0.2, -0.15) is 0 Å². The highest BCUT2D eigenvalue weighted by Crippen LogP contribution is 2.40. The van der Waals surface area contributed by atoms with Crippen LogP contribution >= 0.6 is 0 Å². The van der Waals surface area contributed by atoms with Crippen LogP contribution in [0.5, 0.6) is 0 Å². The molecule has 0 bridgehead atoms. The molecule has 1 spiro atoms. The molecule has 3 aliphatic rings. The van der Waals surface area contributed by atoms with Crippen LogP contribution in [0, 0.1) is 0 Å². The molecule has 4 heteroatoms. The van der Waals surface area contributed by atoms with E-state index in [2.05, 4.69) is 59.3 Å². The Hall–Kier alpha value is -1.39. The lowest BCUT2D eigenvalue weighted by molar-refractivity contribution is -0.130. The molecule has 142 valence electrons. The second-order valence-corrected chi connectivity index (χ2v) is 8.66. The molecule has 4 rings (SSSR count). The smallest absolute Gasteiger partial charge is 0.241 e. The van der Waals surface area contributed by atoms with Gasteiger partial charge in [-0.05, 0) is 51.0 Å². The highest BCUT2D eigenvalue weighted by Gasteiger charge is 2.51. The first kappa shape index (κ1) is 18.0. The van der Waals surface area contributed by atoms with Gasteiger partial charge in [0.25, 0.3) is 0 Å². The minimum atomic E-state index is -0.262. The molecule has 1 aromatic carbocycles. The maximum Gasteiger partial charge on any atom is 0.241 e. The van der Waals surface area contributed by atoms with Crippen molar-refractivity contribution in [3.8, 4) is 0 Å².